The lowest BCUT2D eigenvalue weighted by Gasteiger charge is -2.09. The molecule has 7 nitrogen and oxygen atoms in total. The van der Waals surface area contributed by atoms with Crippen LogP contribution in [0.1, 0.15) is 10.4 Å². The van der Waals surface area contributed by atoms with Crippen molar-refractivity contribution >= 4 is 17.5 Å². The molecule has 0 N–H and O–H groups in total. The van der Waals surface area contributed by atoms with E-state index in [4.69, 9.17) is 9.47 Å². The number of Topliss-reactive ketones (excluding diaryl/α,β-unsaturated/α-hetero) is 1. The SMILES string of the molecule is COc1ccccc1-n1nnnc1SCC(=O)c1ccc(Oc2ccccc2)cc1. The number of benzene rings is 3. The molecule has 0 saturated carbocycles. The Kier molecular flexibility index (Phi) is 6.05. The lowest BCUT2D eigenvalue weighted by Crippen LogP contribution is -2.05. The third-order valence-electron chi connectivity index (χ3n) is 4.24. The van der Waals surface area contributed by atoms with Crippen LogP contribution in [0.15, 0.2) is 84.0 Å². The van der Waals surface area contributed by atoms with Gasteiger partial charge >= 0.3 is 0 Å². The first-order chi connectivity index (χ1) is 14.7. The van der Waals surface area contributed by atoms with E-state index >= 15 is 0 Å². The van der Waals surface area contributed by atoms with Gasteiger partial charge < -0.3 is 9.47 Å². The van der Waals surface area contributed by atoms with Crippen LogP contribution in [-0.2, 0) is 0 Å². The van der Waals surface area contributed by atoms with Gasteiger partial charge in [0.25, 0.3) is 0 Å². The van der Waals surface area contributed by atoms with Crippen molar-refractivity contribution in [3.63, 3.8) is 0 Å². The fourth-order valence-electron chi connectivity index (χ4n) is 2.77. The van der Waals surface area contributed by atoms with Gasteiger partial charge in [-0.3, -0.25) is 4.79 Å². The quantitative estimate of drug-likeness (QED) is 0.309. The Balaban J connectivity index is 1.41. The molecule has 4 aromatic rings. The van der Waals surface area contributed by atoms with E-state index in [-0.39, 0.29) is 11.5 Å². The highest BCUT2D eigenvalue weighted by Gasteiger charge is 2.15. The maximum absolute atomic E-state index is 12.6. The van der Waals surface area contributed by atoms with Crippen molar-refractivity contribution < 1.29 is 14.3 Å². The Labute approximate surface area is 177 Å². The minimum absolute atomic E-state index is 0.0270. The summed E-state index contributed by atoms with van der Waals surface area (Å²) in [6, 6.07) is 24.0. The highest BCUT2D eigenvalue weighted by Crippen LogP contribution is 2.26. The van der Waals surface area contributed by atoms with Crippen molar-refractivity contribution in [2.45, 2.75) is 5.16 Å². The van der Waals surface area contributed by atoms with Gasteiger partial charge in [-0.15, -0.1) is 5.10 Å². The lowest BCUT2D eigenvalue weighted by atomic mass is 10.1. The standard InChI is InChI=1S/C22H18N4O3S/c1-28-21-10-6-5-9-19(21)26-22(23-24-25-26)30-15-20(27)16-11-13-18(14-12-16)29-17-7-3-2-4-8-17/h2-14H,15H2,1H3. The number of para-hydroxylation sites is 3. The zero-order chi connectivity index (χ0) is 20.8. The summed E-state index contributed by atoms with van der Waals surface area (Å²) < 4.78 is 12.7. The Morgan fingerprint density at radius 1 is 0.933 bits per heavy atom. The molecule has 0 radical (unpaired) electrons. The van der Waals surface area contributed by atoms with Crippen molar-refractivity contribution in [1.29, 1.82) is 0 Å². The van der Waals surface area contributed by atoms with Gasteiger partial charge in [-0.1, -0.05) is 42.1 Å². The summed E-state index contributed by atoms with van der Waals surface area (Å²) in [5, 5.41) is 12.3. The van der Waals surface area contributed by atoms with E-state index in [1.165, 1.54) is 11.8 Å². The molecule has 8 heteroatoms. The number of ether oxygens (including phenoxy) is 2. The molecule has 30 heavy (non-hydrogen) atoms. The van der Waals surface area contributed by atoms with E-state index in [1.807, 2.05) is 54.6 Å². The monoisotopic (exact) mass is 418 g/mol. The van der Waals surface area contributed by atoms with Crippen LogP contribution >= 0.6 is 11.8 Å². The second-order valence-electron chi connectivity index (χ2n) is 6.20. The van der Waals surface area contributed by atoms with Gasteiger partial charge in [0.15, 0.2) is 5.78 Å². The van der Waals surface area contributed by atoms with Crippen LogP contribution in [0.3, 0.4) is 0 Å². The molecule has 0 fully saturated rings. The van der Waals surface area contributed by atoms with Gasteiger partial charge in [0.05, 0.1) is 12.9 Å². The molecule has 0 amide bonds. The highest BCUT2D eigenvalue weighted by molar-refractivity contribution is 7.99. The summed E-state index contributed by atoms with van der Waals surface area (Å²) in [5.74, 6) is 2.24. The largest absolute Gasteiger partial charge is 0.494 e. The minimum atomic E-state index is -0.0270. The number of methoxy groups -OCH3 is 1. The molecular weight excluding hydrogens is 400 g/mol. The maximum atomic E-state index is 12.6. The molecule has 0 saturated heterocycles. The van der Waals surface area contributed by atoms with Crippen molar-refractivity contribution in [1.82, 2.24) is 20.2 Å². The molecule has 150 valence electrons. The van der Waals surface area contributed by atoms with Crippen molar-refractivity contribution in [2.75, 3.05) is 12.9 Å². The molecule has 3 aromatic carbocycles. The number of carbonyl (C=O) groups is 1. The molecule has 1 heterocycles. The molecule has 0 bridgehead atoms. The Morgan fingerprint density at radius 3 is 2.40 bits per heavy atom. The molecule has 1 aromatic heterocycles. The predicted octanol–water partition coefficient (Wildman–Crippen LogP) is 4.44. The number of carbonyl (C=O) groups excluding carboxylic acids is 1. The number of hydrogen-bond donors (Lipinski definition) is 0. The topological polar surface area (TPSA) is 79.1 Å². The zero-order valence-corrected chi connectivity index (χ0v) is 17.0. The third-order valence-corrected chi connectivity index (χ3v) is 5.16. The molecular formula is C22H18N4O3S. The summed E-state index contributed by atoms with van der Waals surface area (Å²) in [6.07, 6.45) is 0. The number of hydrogen-bond acceptors (Lipinski definition) is 7. The number of nitrogens with zero attached hydrogens (tertiary/aromatic N) is 4. The van der Waals surface area contributed by atoms with E-state index in [0.717, 1.165) is 5.75 Å². The maximum Gasteiger partial charge on any atom is 0.214 e. The second-order valence-corrected chi connectivity index (χ2v) is 7.14. The predicted molar refractivity (Wildman–Crippen MR) is 114 cm³/mol. The van der Waals surface area contributed by atoms with Gasteiger partial charge in [0.1, 0.15) is 22.9 Å². The van der Waals surface area contributed by atoms with Gasteiger partial charge in [-0.05, 0) is 59.0 Å². The fraction of sp³-hybridized carbons (Fsp3) is 0.0909. The number of tetrazole rings is 1. The number of thioether (sulfide) groups is 1. The van der Waals surface area contributed by atoms with Crippen LogP contribution in [-0.4, -0.2) is 38.9 Å². The fourth-order valence-corrected chi connectivity index (χ4v) is 3.55. The smallest absolute Gasteiger partial charge is 0.214 e. The zero-order valence-electron chi connectivity index (χ0n) is 16.1. The summed E-state index contributed by atoms with van der Waals surface area (Å²) in [7, 11) is 1.59. The summed E-state index contributed by atoms with van der Waals surface area (Å²) in [4.78, 5) is 12.6. The van der Waals surface area contributed by atoms with Crippen LogP contribution in [0.5, 0.6) is 17.2 Å². The minimum Gasteiger partial charge on any atom is -0.494 e. The van der Waals surface area contributed by atoms with E-state index in [1.54, 1.807) is 36.1 Å². The molecule has 0 unspecified atom stereocenters. The van der Waals surface area contributed by atoms with Crippen LogP contribution in [0.4, 0.5) is 0 Å². The van der Waals surface area contributed by atoms with Crippen LogP contribution in [0.2, 0.25) is 0 Å². The first-order valence-corrected chi connectivity index (χ1v) is 10.1. The molecule has 0 spiro atoms. The van der Waals surface area contributed by atoms with E-state index in [2.05, 4.69) is 15.5 Å². The average Bonchev–Trinajstić information content (AvgIpc) is 3.27. The molecule has 0 aliphatic rings. The Bertz CT molecular complexity index is 1130. The van der Waals surface area contributed by atoms with Gasteiger partial charge in [0, 0.05) is 5.56 Å². The first-order valence-electron chi connectivity index (χ1n) is 9.15. The summed E-state index contributed by atoms with van der Waals surface area (Å²) >= 11 is 1.27. The van der Waals surface area contributed by atoms with Crippen LogP contribution in [0, 0.1) is 0 Å². The van der Waals surface area contributed by atoms with E-state index in [9.17, 15) is 4.79 Å². The molecule has 0 aliphatic carbocycles. The van der Waals surface area contributed by atoms with Crippen molar-refractivity contribution in [3.8, 4) is 22.9 Å². The summed E-state index contributed by atoms with van der Waals surface area (Å²) in [5.41, 5.74) is 1.31. The van der Waals surface area contributed by atoms with E-state index < -0.39 is 0 Å². The van der Waals surface area contributed by atoms with Crippen molar-refractivity contribution in [2.24, 2.45) is 0 Å². The Morgan fingerprint density at radius 2 is 1.63 bits per heavy atom. The molecule has 4 rings (SSSR count). The average molecular weight is 418 g/mol. The van der Waals surface area contributed by atoms with Gasteiger partial charge in [-0.25, -0.2) is 0 Å². The third kappa shape index (κ3) is 4.49. The number of aromatic nitrogens is 4. The number of rotatable bonds is 8. The van der Waals surface area contributed by atoms with E-state index in [0.29, 0.717) is 27.9 Å². The van der Waals surface area contributed by atoms with Crippen molar-refractivity contribution in [3.05, 3.63) is 84.4 Å². The highest BCUT2D eigenvalue weighted by atomic mass is 32.2. The second kappa shape index (κ2) is 9.23. The molecule has 0 aliphatic heterocycles. The van der Waals surface area contributed by atoms with Crippen LogP contribution < -0.4 is 9.47 Å². The van der Waals surface area contributed by atoms with Crippen LogP contribution in [0.25, 0.3) is 5.69 Å². The first kappa shape index (κ1) is 19.7. The molecule has 0 atom stereocenters. The normalized spacial score (nSPS) is 10.6. The van der Waals surface area contributed by atoms with Gasteiger partial charge in [0.2, 0.25) is 5.16 Å². The number of ketones is 1. The Hall–Kier alpha value is -3.65. The lowest BCUT2D eigenvalue weighted by molar-refractivity contribution is 0.102. The summed E-state index contributed by atoms with van der Waals surface area (Å²) in [6.45, 7) is 0. The van der Waals surface area contributed by atoms with Gasteiger partial charge in [-0.2, -0.15) is 4.68 Å².